The number of carbonyl (C=O) groups excluding carboxylic acids is 1. The van der Waals surface area contributed by atoms with Crippen molar-refractivity contribution in [2.75, 3.05) is 0 Å². The van der Waals surface area contributed by atoms with Crippen LogP contribution in [0.15, 0.2) is 42.5 Å². The fourth-order valence-corrected chi connectivity index (χ4v) is 1.78. The number of benzene rings is 2. The third-order valence-electron chi connectivity index (χ3n) is 2.31. The molecule has 0 heterocycles. The van der Waals surface area contributed by atoms with Crippen molar-refractivity contribution in [3.05, 3.63) is 53.1 Å². The summed E-state index contributed by atoms with van der Waals surface area (Å²) in [6.07, 6.45) is 0.756. The van der Waals surface area contributed by atoms with Crippen molar-refractivity contribution in [2.24, 2.45) is 0 Å². The van der Waals surface area contributed by atoms with E-state index in [1.165, 1.54) is 0 Å². The van der Waals surface area contributed by atoms with Crippen LogP contribution in [0.4, 0.5) is 0 Å². The molecule has 0 unspecified atom stereocenters. The number of aldehydes is 1. The molecule has 0 spiro atoms. The van der Waals surface area contributed by atoms with Gasteiger partial charge >= 0.3 is 0 Å². The van der Waals surface area contributed by atoms with E-state index in [1.54, 1.807) is 42.5 Å². The fourth-order valence-electron chi connectivity index (χ4n) is 1.48. The first-order chi connectivity index (χ1) is 7.70. The van der Waals surface area contributed by atoms with Gasteiger partial charge in [0.05, 0.1) is 0 Å². The van der Waals surface area contributed by atoms with Gasteiger partial charge in [0.1, 0.15) is 12.0 Å². The van der Waals surface area contributed by atoms with E-state index < -0.39 is 0 Å². The number of rotatable bonds is 2. The molecule has 0 atom stereocenters. The van der Waals surface area contributed by atoms with Crippen molar-refractivity contribution in [2.45, 2.75) is 0 Å². The van der Waals surface area contributed by atoms with Crippen LogP contribution < -0.4 is 0 Å². The lowest BCUT2D eigenvalue weighted by Gasteiger charge is -2.05. The van der Waals surface area contributed by atoms with Crippen LogP contribution in [0.3, 0.4) is 0 Å². The summed E-state index contributed by atoms with van der Waals surface area (Å²) in [5.74, 6) is 0.212. The maximum Gasteiger partial charge on any atom is 0.150 e. The minimum absolute atomic E-state index is 0.212. The summed E-state index contributed by atoms with van der Waals surface area (Å²) in [6.45, 7) is 0. The molecule has 0 aliphatic rings. The van der Waals surface area contributed by atoms with Crippen molar-refractivity contribution in [1.29, 1.82) is 0 Å². The van der Waals surface area contributed by atoms with Crippen LogP contribution in [0.5, 0.6) is 5.75 Å². The summed E-state index contributed by atoms with van der Waals surface area (Å²) in [5.41, 5.74) is 2.29. The Morgan fingerprint density at radius 1 is 1.06 bits per heavy atom. The van der Waals surface area contributed by atoms with Gasteiger partial charge in [-0.1, -0.05) is 35.9 Å². The van der Waals surface area contributed by atoms with Gasteiger partial charge in [-0.3, -0.25) is 4.79 Å². The second-order valence-electron chi connectivity index (χ2n) is 3.40. The predicted octanol–water partition coefficient (Wildman–Crippen LogP) is 3.53. The van der Waals surface area contributed by atoms with E-state index in [2.05, 4.69) is 0 Å². The SMILES string of the molecule is O=Cc1ccc(-c2ccc(O)cc2)c(Cl)c1. The first-order valence-corrected chi connectivity index (χ1v) is 5.12. The van der Waals surface area contributed by atoms with E-state index in [9.17, 15) is 9.90 Å². The molecule has 0 aliphatic carbocycles. The van der Waals surface area contributed by atoms with Crippen LogP contribution in [-0.2, 0) is 0 Å². The summed E-state index contributed by atoms with van der Waals surface area (Å²) in [4.78, 5) is 10.6. The molecule has 2 nitrogen and oxygen atoms in total. The molecule has 0 amide bonds. The Labute approximate surface area is 98.1 Å². The van der Waals surface area contributed by atoms with Crippen LogP contribution in [0.1, 0.15) is 10.4 Å². The van der Waals surface area contributed by atoms with Gasteiger partial charge in [-0.15, -0.1) is 0 Å². The van der Waals surface area contributed by atoms with Crippen molar-refractivity contribution < 1.29 is 9.90 Å². The highest BCUT2D eigenvalue weighted by atomic mass is 35.5. The molecule has 0 radical (unpaired) electrons. The smallest absolute Gasteiger partial charge is 0.150 e. The Balaban J connectivity index is 2.48. The van der Waals surface area contributed by atoms with Crippen LogP contribution in [-0.4, -0.2) is 11.4 Å². The molecular weight excluding hydrogens is 224 g/mol. The summed E-state index contributed by atoms with van der Waals surface area (Å²) in [5, 5.41) is 9.70. The fraction of sp³-hybridized carbons (Fsp3) is 0. The minimum Gasteiger partial charge on any atom is -0.508 e. The number of phenolic OH excluding ortho intramolecular Hbond substituents is 1. The lowest BCUT2D eigenvalue weighted by atomic mass is 10.0. The van der Waals surface area contributed by atoms with Gasteiger partial charge in [-0.25, -0.2) is 0 Å². The van der Waals surface area contributed by atoms with Gasteiger partial charge in [-0.2, -0.15) is 0 Å². The average molecular weight is 233 g/mol. The van der Waals surface area contributed by atoms with Crippen molar-refractivity contribution in [1.82, 2.24) is 0 Å². The van der Waals surface area contributed by atoms with Crippen LogP contribution in [0.2, 0.25) is 5.02 Å². The average Bonchev–Trinajstić information content (AvgIpc) is 2.30. The third-order valence-corrected chi connectivity index (χ3v) is 2.62. The zero-order chi connectivity index (χ0) is 11.5. The van der Waals surface area contributed by atoms with Gasteiger partial charge in [0.15, 0.2) is 0 Å². The van der Waals surface area contributed by atoms with Gasteiger partial charge in [0, 0.05) is 16.1 Å². The molecule has 0 saturated carbocycles. The van der Waals surface area contributed by atoms with Crippen molar-refractivity contribution in [3.63, 3.8) is 0 Å². The van der Waals surface area contributed by atoms with Gasteiger partial charge in [-0.05, 0) is 23.8 Å². The molecular formula is C13H9ClO2. The molecule has 0 bridgehead atoms. The number of carbonyl (C=O) groups is 1. The van der Waals surface area contributed by atoms with E-state index in [-0.39, 0.29) is 5.75 Å². The highest BCUT2D eigenvalue weighted by molar-refractivity contribution is 6.33. The zero-order valence-corrected chi connectivity index (χ0v) is 9.11. The molecule has 1 N–H and O–H groups in total. The Bertz CT molecular complexity index is 518. The summed E-state index contributed by atoms with van der Waals surface area (Å²) in [6, 6.07) is 11.9. The van der Waals surface area contributed by atoms with Crippen molar-refractivity contribution >= 4 is 17.9 Å². The number of hydrogen-bond acceptors (Lipinski definition) is 2. The molecule has 2 rings (SSSR count). The lowest BCUT2D eigenvalue weighted by molar-refractivity contribution is 0.112. The van der Waals surface area contributed by atoms with Crippen LogP contribution in [0, 0.1) is 0 Å². The molecule has 0 saturated heterocycles. The topological polar surface area (TPSA) is 37.3 Å². The highest BCUT2D eigenvalue weighted by Crippen LogP contribution is 2.29. The highest BCUT2D eigenvalue weighted by Gasteiger charge is 2.04. The number of aromatic hydroxyl groups is 1. The van der Waals surface area contributed by atoms with E-state index in [1.807, 2.05) is 0 Å². The Morgan fingerprint density at radius 3 is 2.31 bits per heavy atom. The minimum atomic E-state index is 0.212. The summed E-state index contributed by atoms with van der Waals surface area (Å²) in [7, 11) is 0. The molecule has 2 aromatic rings. The number of hydrogen-bond donors (Lipinski definition) is 1. The quantitative estimate of drug-likeness (QED) is 0.805. The van der Waals surface area contributed by atoms with Crippen molar-refractivity contribution in [3.8, 4) is 16.9 Å². The summed E-state index contributed by atoms with van der Waals surface area (Å²) >= 11 is 6.06. The Hall–Kier alpha value is -1.80. The maximum absolute atomic E-state index is 10.6. The molecule has 3 heteroatoms. The number of phenols is 1. The number of halogens is 1. The predicted molar refractivity (Wildman–Crippen MR) is 63.9 cm³/mol. The Kier molecular flexibility index (Phi) is 2.93. The molecule has 16 heavy (non-hydrogen) atoms. The second kappa shape index (κ2) is 4.37. The third kappa shape index (κ3) is 2.07. The Morgan fingerprint density at radius 2 is 1.75 bits per heavy atom. The largest absolute Gasteiger partial charge is 0.508 e. The maximum atomic E-state index is 10.6. The van der Waals surface area contributed by atoms with Gasteiger partial charge in [0.2, 0.25) is 0 Å². The van der Waals surface area contributed by atoms with E-state index in [0.717, 1.165) is 17.4 Å². The van der Waals surface area contributed by atoms with Gasteiger partial charge < -0.3 is 5.11 Å². The summed E-state index contributed by atoms with van der Waals surface area (Å²) < 4.78 is 0. The molecule has 0 fully saturated rings. The van der Waals surface area contributed by atoms with E-state index >= 15 is 0 Å². The van der Waals surface area contributed by atoms with Gasteiger partial charge in [0.25, 0.3) is 0 Å². The zero-order valence-electron chi connectivity index (χ0n) is 8.35. The second-order valence-corrected chi connectivity index (χ2v) is 3.81. The molecule has 0 aromatic heterocycles. The molecule has 2 aromatic carbocycles. The normalized spacial score (nSPS) is 10.1. The van der Waals surface area contributed by atoms with E-state index in [0.29, 0.717) is 10.6 Å². The first kappa shape index (κ1) is 10.7. The van der Waals surface area contributed by atoms with Crippen LogP contribution >= 0.6 is 11.6 Å². The standard InChI is InChI=1S/C13H9ClO2/c14-13-7-9(8-15)1-6-12(13)10-2-4-11(16)5-3-10/h1-8,16H. The molecule has 80 valence electrons. The monoisotopic (exact) mass is 232 g/mol. The lowest BCUT2D eigenvalue weighted by Crippen LogP contribution is -1.83. The van der Waals surface area contributed by atoms with E-state index in [4.69, 9.17) is 11.6 Å². The molecule has 0 aliphatic heterocycles. The van der Waals surface area contributed by atoms with Crippen LogP contribution in [0.25, 0.3) is 11.1 Å². The first-order valence-electron chi connectivity index (χ1n) is 4.75.